The largest absolute Gasteiger partial charge is 0.314 e. The molecule has 1 fully saturated rings. The maximum atomic E-state index is 12.6. The van der Waals surface area contributed by atoms with Crippen LogP contribution in [0.3, 0.4) is 0 Å². The highest BCUT2D eigenvalue weighted by Gasteiger charge is 2.43. The number of nitriles is 1. The van der Waals surface area contributed by atoms with E-state index in [1.807, 2.05) is 24.3 Å². The number of nitrogens with zero attached hydrogens (tertiary/aromatic N) is 2. The average molecular weight is 256 g/mol. The second kappa shape index (κ2) is 5.44. The molecule has 0 bridgehead atoms. The van der Waals surface area contributed by atoms with Gasteiger partial charge in [0.1, 0.15) is 5.41 Å². The summed E-state index contributed by atoms with van der Waals surface area (Å²) in [4.78, 5) is 14.2. The van der Waals surface area contributed by atoms with Crippen LogP contribution < -0.4 is 4.90 Å². The number of carbonyl (C=O) groups is 1. The number of aryl methyl sites for hydroxylation is 1. The van der Waals surface area contributed by atoms with Gasteiger partial charge in [-0.3, -0.25) is 4.79 Å². The molecular weight excluding hydrogens is 236 g/mol. The van der Waals surface area contributed by atoms with Gasteiger partial charge in [0, 0.05) is 12.7 Å². The first-order chi connectivity index (χ1) is 9.13. The van der Waals surface area contributed by atoms with Gasteiger partial charge in [0.2, 0.25) is 5.91 Å². The highest BCUT2D eigenvalue weighted by molar-refractivity contribution is 5.99. The molecule has 0 aliphatic heterocycles. The van der Waals surface area contributed by atoms with E-state index in [1.165, 1.54) is 5.56 Å². The molecule has 1 aromatic carbocycles. The molecule has 3 nitrogen and oxygen atoms in total. The van der Waals surface area contributed by atoms with Crippen LogP contribution in [0.4, 0.5) is 5.69 Å². The molecule has 1 aromatic rings. The van der Waals surface area contributed by atoms with Gasteiger partial charge < -0.3 is 4.90 Å². The molecule has 2 rings (SSSR count). The third kappa shape index (κ3) is 2.49. The molecule has 0 unspecified atom stereocenters. The highest BCUT2D eigenvalue weighted by atomic mass is 16.2. The molecule has 100 valence electrons. The van der Waals surface area contributed by atoms with Crippen molar-refractivity contribution in [3.8, 4) is 6.07 Å². The number of carbonyl (C=O) groups excluding carboxylic acids is 1. The molecule has 0 aromatic heterocycles. The lowest BCUT2D eigenvalue weighted by Gasteiger charge is -2.26. The Morgan fingerprint density at radius 3 is 2.37 bits per heavy atom. The molecule has 0 N–H and O–H groups in total. The van der Waals surface area contributed by atoms with Crippen LogP contribution in [-0.4, -0.2) is 13.0 Å². The lowest BCUT2D eigenvalue weighted by atomic mass is 9.86. The molecule has 1 saturated carbocycles. The molecule has 0 saturated heterocycles. The maximum Gasteiger partial charge on any atom is 0.247 e. The number of benzene rings is 1. The number of rotatable bonds is 3. The smallest absolute Gasteiger partial charge is 0.247 e. The Morgan fingerprint density at radius 2 is 1.89 bits per heavy atom. The zero-order valence-corrected chi connectivity index (χ0v) is 11.6. The van der Waals surface area contributed by atoms with Gasteiger partial charge >= 0.3 is 0 Å². The summed E-state index contributed by atoms with van der Waals surface area (Å²) in [7, 11) is 1.76. The fourth-order valence-electron chi connectivity index (χ4n) is 2.75. The van der Waals surface area contributed by atoms with Crippen LogP contribution in [0.2, 0.25) is 0 Å². The van der Waals surface area contributed by atoms with Crippen LogP contribution in [0.1, 0.15) is 38.2 Å². The summed E-state index contributed by atoms with van der Waals surface area (Å²) >= 11 is 0. The average Bonchev–Trinajstić information content (AvgIpc) is 2.96. The Bertz CT molecular complexity index is 492. The van der Waals surface area contributed by atoms with E-state index in [1.54, 1.807) is 11.9 Å². The molecule has 0 radical (unpaired) electrons. The predicted molar refractivity (Wildman–Crippen MR) is 75.7 cm³/mol. The van der Waals surface area contributed by atoms with Crippen molar-refractivity contribution in [3.05, 3.63) is 29.8 Å². The van der Waals surface area contributed by atoms with Crippen LogP contribution in [0.15, 0.2) is 24.3 Å². The highest BCUT2D eigenvalue weighted by Crippen LogP contribution is 2.39. The van der Waals surface area contributed by atoms with Gasteiger partial charge in [-0.15, -0.1) is 0 Å². The first-order valence-corrected chi connectivity index (χ1v) is 6.91. The molecule has 0 spiro atoms. The lowest BCUT2D eigenvalue weighted by molar-refractivity contribution is -0.124. The van der Waals surface area contributed by atoms with Gasteiger partial charge in [-0.05, 0) is 37.0 Å². The van der Waals surface area contributed by atoms with E-state index < -0.39 is 5.41 Å². The van der Waals surface area contributed by atoms with Crippen LogP contribution in [-0.2, 0) is 11.2 Å². The van der Waals surface area contributed by atoms with E-state index in [2.05, 4.69) is 13.0 Å². The fraction of sp³-hybridized carbons (Fsp3) is 0.500. The Morgan fingerprint density at radius 1 is 1.32 bits per heavy atom. The summed E-state index contributed by atoms with van der Waals surface area (Å²) in [5, 5.41) is 9.37. The molecule has 1 aliphatic carbocycles. The third-order valence-corrected chi connectivity index (χ3v) is 4.12. The zero-order chi connectivity index (χ0) is 13.9. The fourth-order valence-corrected chi connectivity index (χ4v) is 2.75. The zero-order valence-electron chi connectivity index (χ0n) is 11.6. The van der Waals surface area contributed by atoms with Crippen LogP contribution in [0.5, 0.6) is 0 Å². The monoisotopic (exact) mass is 256 g/mol. The van der Waals surface area contributed by atoms with Crippen LogP contribution in [0.25, 0.3) is 0 Å². The van der Waals surface area contributed by atoms with E-state index >= 15 is 0 Å². The van der Waals surface area contributed by atoms with Gasteiger partial charge in [0.05, 0.1) is 6.07 Å². The first-order valence-electron chi connectivity index (χ1n) is 6.91. The van der Waals surface area contributed by atoms with Crippen molar-refractivity contribution in [3.63, 3.8) is 0 Å². The van der Waals surface area contributed by atoms with Crippen molar-refractivity contribution in [2.45, 2.75) is 39.0 Å². The normalized spacial score (nSPS) is 16.9. The topological polar surface area (TPSA) is 44.1 Å². The minimum atomic E-state index is -0.793. The van der Waals surface area contributed by atoms with Crippen molar-refractivity contribution in [1.82, 2.24) is 0 Å². The second-order valence-corrected chi connectivity index (χ2v) is 5.29. The Labute approximate surface area is 114 Å². The molecule has 0 atom stereocenters. The molecule has 3 heteroatoms. The van der Waals surface area contributed by atoms with Crippen molar-refractivity contribution in [2.24, 2.45) is 5.41 Å². The molecular formula is C16H20N2O. The van der Waals surface area contributed by atoms with E-state index in [9.17, 15) is 10.1 Å². The molecule has 1 amide bonds. The SMILES string of the molecule is CCc1ccc(N(C)C(=O)C2(C#N)CCCC2)cc1. The quantitative estimate of drug-likeness (QED) is 0.833. The number of hydrogen-bond donors (Lipinski definition) is 0. The molecule has 19 heavy (non-hydrogen) atoms. The number of hydrogen-bond acceptors (Lipinski definition) is 2. The summed E-state index contributed by atoms with van der Waals surface area (Å²) in [5.41, 5.74) is 1.32. The first kappa shape index (κ1) is 13.6. The van der Waals surface area contributed by atoms with Gasteiger partial charge in [0.15, 0.2) is 0 Å². The number of amides is 1. The van der Waals surface area contributed by atoms with E-state index in [4.69, 9.17) is 0 Å². The van der Waals surface area contributed by atoms with Crippen LogP contribution >= 0.6 is 0 Å². The summed E-state index contributed by atoms with van der Waals surface area (Å²) < 4.78 is 0. The predicted octanol–water partition coefficient (Wildman–Crippen LogP) is 3.30. The minimum absolute atomic E-state index is 0.0586. The summed E-state index contributed by atoms with van der Waals surface area (Å²) in [6, 6.07) is 10.2. The van der Waals surface area contributed by atoms with E-state index in [0.717, 1.165) is 24.9 Å². The van der Waals surface area contributed by atoms with Gasteiger partial charge in [-0.2, -0.15) is 5.26 Å². The van der Waals surface area contributed by atoms with Crippen LogP contribution in [0, 0.1) is 16.7 Å². The Balaban J connectivity index is 2.20. The minimum Gasteiger partial charge on any atom is -0.314 e. The van der Waals surface area contributed by atoms with Gasteiger partial charge in [-0.25, -0.2) is 0 Å². The Kier molecular flexibility index (Phi) is 3.90. The van der Waals surface area contributed by atoms with E-state index in [0.29, 0.717) is 12.8 Å². The van der Waals surface area contributed by atoms with Crippen molar-refractivity contribution < 1.29 is 4.79 Å². The summed E-state index contributed by atoms with van der Waals surface area (Å²) in [6.07, 6.45) is 4.32. The maximum absolute atomic E-state index is 12.6. The van der Waals surface area contributed by atoms with Gasteiger partial charge in [0.25, 0.3) is 0 Å². The van der Waals surface area contributed by atoms with Crippen molar-refractivity contribution in [2.75, 3.05) is 11.9 Å². The molecule has 1 aliphatic rings. The lowest BCUT2D eigenvalue weighted by Crippen LogP contribution is -2.39. The van der Waals surface area contributed by atoms with E-state index in [-0.39, 0.29) is 5.91 Å². The standard InChI is InChI=1S/C16H20N2O/c1-3-13-6-8-14(9-7-13)18(2)15(19)16(12-17)10-4-5-11-16/h6-9H,3-5,10-11H2,1-2H3. The Hall–Kier alpha value is -1.82. The van der Waals surface area contributed by atoms with Crippen molar-refractivity contribution >= 4 is 11.6 Å². The summed E-state index contributed by atoms with van der Waals surface area (Å²) in [6.45, 7) is 2.10. The summed E-state index contributed by atoms with van der Waals surface area (Å²) in [5.74, 6) is -0.0586. The second-order valence-electron chi connectivity index (χ2n) is 5.29. The van der Waals surface area contributed by atoms with Gasteiger partial charge in [-0.1, -0.05) is 31.9 Å². The number of anilines is 1. The molecule has 0 heterocycles. The third-order valence-electron chi connectivity index (χ3n) is 4.12. The van der Waals surface area contributed by atoms with Crippen molar-refractivity contribution in [1.29, 1.82) is 5.26 Å².